The van der Waals surface area contributed by atoms with Gasteiger partial charge in [-0.3, -0.25) is 20.2 Å². The average Bonchev–Trinajstić information content (AvgIpc) is 3.09. The first-order valence-electron chi connectivity index (χ1n) is 8.22. The molecule has 0 saturated carbocycles. The zero-order valence-electron chi connectivity index (χ0n) is 15.3. The van der Waals surface area contributed by atoms with Crippen molar-refractivity contribution in [1.29, 1.82) is 0 Å². The summed E-state index contributed by atoms with van der Waals surface area (Å²) in [4.78, 5) is 27.6. The molecular formula is C18H17N3O6S. The minimum Gasteiger partial charge on any atom is -0.497 e. The Hall–Kier alpha value is -3.40. The van der Waals surface area contributed by atoms with Gasteiger partial charge in [0.15, 0.2) is 10.9 Å². The summed E-state index contributed by atoms with van der Waals surface area (Å²) in [5.41, 5.74) is 0.436. The van der Waals surface area contributed by atoms with Crippen molar-refractivity contribution in [2.24, 2.45) is 0 Å². The predicted molar refractivity (Wildman–Crippen MR) is 105 cm³/mol. The summed E-state index contributed by atoms with van der Waals surface area (Å²) in [6.45, 7) is 2.00. The second-order valence-corrected chi connectivity index (χ2v) is 6.55. The van der Waals surface area contributed by atoms with Crippen molar-refractivity contribution in [2.45, 2.75) is 6.92 Å². The highest BCUT2D eigenvalue weighted by atomic mass is 32.1. The highest BCUT2D eigenvalue weighted by Crippen LogP contribution is 2.36. The van der Waals surface area contributed by atoms with Crippen LogP contribution in [0.15, 0.2) is 30.3 Å². The molecule has 1 heterocycles. The number of carbonyl (C=O) groups excluding carboxylic acids is 1. The number of benzene rings is 2. The number of aromatic nitrogens is 1. The van der Waals surface area contributed by atoms with Crippen LogP contribution in [-0.2, 0) is 0 Å². The number of fused-ring (bicyclic) bond motifs is 1. The van der Waals surface area contributed by atoms with Crippen LogP contribution in [0.4, 0.5) is 10.8 Å². The summed E-state index contributed by atoms with van der Waals surface area (Å²) in [7, 11) is 3.06. The van der Waals surface area contributed by atoms with Crippen LogP contribution in [0, 0.1) is 10.1 Å². The number of anilines is 1. The van der Waals surface area contributed by atoms with E-state index in [1.165, 1.54) is 36.6 Å². The van der Waals surface area contributed by atoms with Gasteiger partial charge in [-0.2, -0.15) is 0 Å². The highest BCUT2D eigenvalue weighted by Gasteiger charge is 2.20. The largest absolute Gasteiger partial charge is 0.497 e. The molecule has 10 heteroatoms. The first-order valence-corrected chi connectivity index (χ1v) is 9.03. The highest BCUT2D eigenvalue weighted by molar-refractivity contribution is 7.22. The maximum Gasteiger partial charge on any atom is 0.311 e. The van der Waals surface area contributed by atoms with E-state index in [4.69, 9.17) is 14.2 Å². The zero-order valence-corrected chi connectivity index (χ0v) is 16.2. The number of hydrogen-bond acceptors (Lipinski definition) is 8. The van der Waals surface area contributed by atoms with Gasteiger partial charge >= 0.3 is 5.69 Å². The molecule has 3 aromatic rings. The zero-order chi connectivity index (χ0) is 20.3. The van der Waals surface area contributed by atoms with E-state index in [9.17, 15) is 14.9 Å². The molecule has 0 atom stereocenters. The molecule has 0 aliphatic rings. The lowest BCUT2D eigenvalue weighted by Crippen LogP contribution is -2.12. The molecule has 0 aliphatic carbocycles. The summed E-state index contributed by atoms with van der Waals surface area (Å²) in [6, 6.07) is 7.53. The van der Waals surface area contributed by atoms with E-state index in [1.54, 1.807) is 26.2 Å². The average molecular weight is 403 g/mol. The molecule has 0 saturated heterocycles. The Kier molecular flexibility index (Phi) is 5.59. The van der Waals surface area contributed by atoms with E-state index in [1.807, 2.05) is 0 Å². The van der Waals surface area contributed by atoms with Crippen molar-refractivity contribution in [3.05, 3.63) is 46.0 Å². The van der Waals surface area contributed by atoms with Crippen molar-refractivity contribution >= 4 is 38.3 Å². The van der Waals surface area contributed by atoms with Gasteiger partial charge < -0.3 is 14.2 Å². The molecule has 3 rings (SSSR count). The molecule has 1 amide bonds. The van der Waals surface area contributed by atoms with Gasteiger partial charge in [0.1, 0.15) is 17.0 Å². The molecule has 0 unspecified atom stereocenters. The first kappa shape index (κ1) is 19.4. The fourth-order valence-corrected chi connectivity index (χ4v) is 3.46. The third-order valence-corrected chi connectivity index (χ3v) is 4.75. The topological polar surface area (TPSA) is 113 Å². The van der Waals surface area contributed by atoms with Gasteiger partial charge in [0, 0.05) is 17.7 Å². The molecule has 28 heavy (non-hydrogen) atoms. The first-order chi connectivity index (χ1) is 13.5. The Morgan fingerprint density at radius 2 is 2.00 bits per heavy atom. The standard InChI is InChI=1S/C18H17N3O6S/c1-4-27-13-6-5-10(7-12(13)21(23)24)17(22)20-18-19-16-14(26-3)8-11(25-2)9-15(16)28-18/h5-9H,4H2,1-3H3,(H,19,20,22). The Morgan fingerprint density at radius 3 is 2.64 bits per heavy atom. The van der Waals surface area contributed by atoms with E-state index >= 15 is 0 Å². The van der Waals surface area contributed by atoms with Gasteiger partial charge in [-0.25, -0.2) is 4.98 Å². The Balaban J connectivity index is 1.90. The van der Waals surface area contributed by atoms with E-state index in [0.717, 1.165) is 4.70 Å². The van der Waals surface area contributed by atoms with E-state index in [-0.39, 0.29) is 23.6 Å². The summed E-state index contributed by atoms with van der Waals surface area (Å²) in [5.74, 6) is 0.716. The van der Waals surface area contributed by atoms with Crippen LogP contribution < -0.4 is 19.5 Å². The maximum atomic E-state index is 12.5. The Bertz CT molecular complexity index is 1050. The molecule has 9 nitrogen and oxygen atoms in total. The predicted octanol–water partition coefficient (Wildman–Crippen LogP) is 3.87. The number of methoxy groups -OCH3 is 2. The van der Waals surface area contributed by atoms with Crippen LogP contribution in [0.1, 0.15) is 17.3 Å². The van der Waals surface area contributed by atoms with Gasteiger partial charge in [-0.05, 0) is 25.1 Å². The third-order valence-electron chi connectivity index (χ3n) is 3.83. The number of nitro benzene ring substituents is 1. The summed E-state index contributed by atoms with van der Waals surface area (Å²) >= 11 is 1.24. The van der Waals surface area contributed by atoms with Gasteiger partial charge in [0.05, 0.1) is 30.4 Å². The second-order valence-electron chi connectivity index (χ2n) is 5.52. The van der Waals surface area contributed by atoms with Crippen LogP contribution in [0.25, 0.3) is 10.2 Å². The van der Waals surface area contributed by atoms with E-state index in [2.05, 4.69) is 10.3 Å². The van der Waals surface area contributed by atoms with Gasteiger partial charge in [0.2, 0.25) is 0 Å². The molecule has 146 valence electrons. The van der Waals surface area contributed by atoms with Gasteiger partial charge in [-0.1, -0.05) is 11.3 Å². The number of nitrogens with one attached hydrogen (secondary N) is 1. The number of nitrogens with zero attached hydrogens (tertiary/aromatic N) is 2. The molecule has 0 bridgehead atoms. The smallest absolute Gasteiger partial charge is 0.311 e. The molecule has 1 N–H and O–H groups in total. The second kappa shape index (κ2) is 8.09. The monoisotopic (exact) mass is 403 g/mol. The van der Waals surface area contributed by atoms with Gasteiger partial charge in [0.25, 0.3) is 5.91 Å². The lowest BCUT2D eigenvalue weighted by molar-refractivity contribution is -0.385. The lowest BCUT2D eigenvalue weighted by Gasteiger charge is -2.06. The fourth-order valence-electron chi connectivity index (χ4n) is 2.55. The van der Waals surface area contributed by atoms with Crippen LogP contribution in [-0.4, -0.2) is 36.6 Å². The number of nitro groups is 1. The van der Waals surface area contributed by atoms with Crippen LogP contribution in [0.3, 0.4) is 0 Å². The number of rotatable bonds is 7. The summed E-state index contributed by atoms with van der Waals surface area (Å²) in [6.07, 6.45) is 0. The number of thiazole rings is 1. The van der Waals surface area contributed by atoms with Crippen molar-refractivity contribution in [1.82, 2.24) is 4.98 Å². The van der Waals surface area contributed by atoms with Crippen LogP contribution in [0.5, 0.6) is 17.2 Å². The van der Waals surface area contributed by atoms with Crippen molar-refractivity contribution in [3.63, 3.8) is 0 Å². The van der Waals surface area contributed by atoms with Crippen molar-refractivity contribution < 1.29 is 23.9 Å². The molecule has 0 aliphatic heterocycles. The number of hydrogen-bond donors (Lipinski definition) is 1. The minimum atomic E-state index is -0.587. The maximum absolute atomic E-state index is 12.5. The lowest BCUT2D eigenvalue weighted by atomic mass is 10.1. The quantitative estimate of drug-likeness (QED) is 0.470. The van der Waals surface area contributed by atoms with Crippen molar-refractivity contribution in [2.75, 3.05) is 26.1 Å². The van der Waals surface area contributed by atoms with Crippen molar-refractivity contribution in [3.8, 4) is 17.2 Å². The molecular weight excluding hydrogens is 386 g/mol. The molecule has 0 radical (unpaired) electrons. The summed E-state index contributed by atoms with van der Waals surface area (Å²) < 4.78 is 16.5. The molecule has 0 fully saturated rings. The van der Waals surface area contributed by atoms with Crippen LogP contribution >= 0.6 is 11.3 Å². The Morgan fingerprint density at radius 1 is 1.21 bits per heavy atom. The SMILES string of the molecule is CCOc1ccc(C(=O)Nc2nc3c(OC)cc(OC)cc3s2)cc1[N+](=O)[O-]. The normalized spacial score (nSPS) is 10.5. The molecule has 2 aromatic carbocycles. The number of amides is 1. The van der Waals surface area contributed by atoms with E-state index in [0.29, 0.717) is 22.1 Å². The third kappa shape index (κ3) is 3.81. The van der Waals surface area contributed by atoms with E-state index < -0.39 is 10.8 Å². The minimum absolute atomic E-state index is 0.112. The number of carbonyl (C=O) groups is 1. The summed E-state index contributed by atoms with van der Waals surface area (Å²) in [5, 5.41) is 14.2. The molecule has 1 aromatic heterocycles. The van der Waals surface area contributed by atoms with Gasteiger partial charge in [-0.15, -0.1) is 0 Å². The fraction of sp³-hybridized carbons (Fsp3) is 0.222. The van der Waals surface area contributed by atoms with Crippen LogP contribution in [0.2, 0.25) is 0 Å². The number of ether oxygens (including phenoxy) is 3. The molecule has 0 spiro atoms. The Labute approximate surface area is 164 Å².